The molecule has 0 aliphatic carbocycles. The Bertz CT molecular complexity index is 557. The van der Waals surface area contributed by atoms with Gasteiger partial charge >= 0.3 is 0 Å². The predicted octanol–water partition coefficient (Wildman–Crippen LogP) is 0.725. The Balaban J connectivity index is 1.97. The number of hydrogen-bond acceptors (Lipinski definition) is 4. The molecule has 2 rings (SSSR count). The van der Waals surface area contributed by atoms with Crippen LogP contribution in [-0.4, -0.2) is 59.3 Å². The molecule has 1 fully saturated rings. The summed E-state index contributed by atoms with van der Waals surface area (Å²) in [4.78, 5) is 25.8. The van der Waals surface area contributed by atoms with Gasteiger partial charge in [0.05, 0.1) is 11.8 Å². The van der Waals surface area contributed by atoms with Crippen LogP contribution in [-0.2, 0) is 20.9 Å². The van der Waals surface area contributed by atoms with Gasteiger partial charge in [-0.05, 0) is 31.7 Å². The highest BCUT2D eigenvalue weighted by Gasteiger charge is 2.37. The van der Waals surface area contributed by atoms with Gasteiger partial charge in [0.25, 0.3) is 0 Å². The molecule has 1 atom stereocenters. The van der Waals surface area contributed by atoms with Gasteiger partial charge < -0.3 is 15.0 Å². The fourth-order valence-corrected chi connectivity index (χ4v) is 3.04. The summed E-state index contributed by atoms with van der Waals surface area (Å²) in [7, 11) is 3.29. The lowest BCUT2D eigenvalue weighted by atomic mass is 9.87. The monoisotopic (exact) mass is 322 g/mol. The molecule has 1 saturated heterocycles. The maximum atomic E-state index is 12.5. The average molecular weight is 322 g/mol. The Hall–Kier alpha value is -1.89. The van der Waals surface area contributed by atoms with Crippen molar-refractivity contribution in [2.45, 2.75) is 44.8 Å². The molecule has 2 heterocycles. The number of amides is 2. The standard InChI is InChI=1S/C16H26N4O3/c1-13-9-18-20(10-13)11-15(22)19-8-4-6-16(12-19,23-3)7-5-14(21)17-2/h9-10H,4-8,11-12H2,1-3H3,(H,17,21)/t16-/m1/s1. The molecule has 128 valence electrons. The molecule has 2 amide bonds. The maximum absolute atomic E-state index is 12.5. The lowest BCUT2D eigenvalue weighted by Gasteiger charge is -2.42. The summed E-state index contributed by atoms with van der Waals surface area (Å²) in [5.41, 5.74) is 0.605. The number of hydrogen-bond donors (Lipinski definition) is 1. The van der Waals surface area contributed by atoms with E-state index in [-0.39, 0.29) is 18.4 Å². The van der Waals surface area contributed by atoms with Crippen molar-refractivity contribution in [2.24, 2.45) is 0 Å². The molecule has 0 radical (unpaired) electrons. The van der Waals surface area contributed by atoms with E-state index in [1.807, 2.05) is 18.0 Å². The second kappa shape index (κ2) is 7.59. The van der Waals surface area contributed by atoms with E-state index in [2.05, 4.69) is 10.4 Å². The number of likely N-dealkylation sites (tertiary alicyclic amines) is 1. The number of carbonyl (C=O) groups excluding carboxylic acids is 2. The SMILES string of the molecule is CNC(=O)CC[C@]1(OC)CCCN(C(=O)Cn2cc(C)cn2)C1. The van der Waals surface area contributed by atoms with Gasteiger partial charge in [0.15, 0.2) is 0 Å². The Morgan fingerprint density at radius 2 is 2.26 bits per heavy atom. The van der Waals surface area contributed by atoms with Gasteiger partial charge in [-0.2, -0.15) is 5.10 Å². The molecular formula is C16H26N4O3. The van der Waals surface area contributed by atoms with Crippen LogP contribution in [0.2, 0.25) is 0 Å². The van der Waals surface area contributed by atoms with Crippen molar-refractivity contribution in [1.82, 2.24) is 20.0 Å². The minimum Gasteiger partial charge on any atom is -0.376 e. The summed E-state index contributed by atoms with van der Waals surface area (Å²) >= 11 is 0. The average Bonchev–Trinajstić information content (AvgIpc) is 2.97. The molecule has 23 heavy (non-hydrogen) atoms. The van der Waals surface area contributed by atoms with Gasteiger partial charge in [0, 0.05) is 39.9 Å². The number of aromatic nitrogens is 2. The quantitative estimate of drug-likeness (QED) is 0.837. The van der Waals surface area contributed by atoms with Crippen LogP contribution in [0.5, 0.6) is 0 Å². The van der Waals surface area contributed by atoms with E-state index in [0.717, 1.165) is 24.9 Å². The zero-order valence-electron chi connectivity index (χ0n) is 14.2. The zero-order valence-corrected chi connectivity index (χ0v) is 14.2. The number of nitrogens with zero attached hydrogens (tertiary/aromatic N) is 3. The maximum Gasteiger partial charge on any atom is 0.244 e. The summed E-state index contributed by atoms with van der Waals surface area (Å²) < 4.78 is 7.37. The zero-order chi connectivity index (χ0) is 16.9. The van der Waals surface area contributed by atoms with E-state index in [1.54, 1.807) is 25.0 Å². The predicted molar refractivity (Wildman–Crippen MR) is 85.8 cm³/mol. The molecule has 1 aromatic rings. The lowest BCUT2D eigenvalue weighted by molar-refractivity contribution is -0.142. The second-order valence-corrected chi connectivity index (χ2v) is 6.19. The van der Waals surface area contributed by atoms with E-state index in [1.165, 1.54) is 0 Å². The molecule has 1 aromatic heterocycles. The Morgan fingerprint density at radius 3 is 2.87 bits per heavy atom. The Morgan fingerprint density at radius 1 is 1.48 bits per heavy atom. The normalized spacial score (nSPS) is 21.3. The third-order valence-corrected chi connectivity index (χ3v) is 4.47. The van der Waals surface area contributed by atoms with Crippen molar-refractivity contribution >= 4 is 11.8 Å². The van der Waals surface area contributed by atoms with Crippen molar-refractivity contribution in [3.05, 3.63) is 18.0 Å². The van der Waals surface area contributed by atoms with Crippen molar-refractivity contribution in [3.8, 4) is 0 Å². The molecule has 1 N–H and O–H groups in total. The highest BCUT2D eigenvalue weighted by molar-refractivity contribution is 5.76. The largest absolute Gasteiger partial charge is 0.376 e. The smallest absolute Gasteiger partial charge is 0.244 e. The third kappa shape index (κ3) is 4.54. The first-order chi connectivity index (χ1) is 11.0. The van der Waals surface area contributed by atoms with Crippen LogP contribution in [0.3, 0.4) is 0 Å². The molecule has 1 aliphatic rings. The topological polar surface area (TPSA) is 76.5 Å². The fraction of sp³-hybridized carbons (Fsp3) is 0.688. The number of ether oxygens (including phenoxy) is 1. The van der Waals surface area contributed by atoms with E-state index < -0.39 is 5.60 Å². The first-order valence-electron chi connectivity index (χ1n) is 8.00. The summed E-state index contributed by atoms with van der Waals surface area (Å²) in [6.45, 7) is 3.44. The van der Waals surface area contributed by atoms with Crippen molar-refractivity contribution in [1.29, 1.82) is 0 Å². The van der Waals surface area contributed by atoms with Gasteiger partial charge in [-0.1, -0.05) is 0 Å². The summed E-state index contributed by atoms with van der Waals surface area (Å²) in [6, 6.07) is 0. The molecule has 0 aromatic carbocycles. The Kier molecular flexibility index (Phi) is 5.76. The molecule has 7 nitrogen and oxygen atoms in total. The third-order valence-electron chi connectivity index (χ3n) is 4.47. The van der Waals surface area contributed by atoms with Gasteiger partial charge in [0.1, 0.15) is 6.54 Å². The van der Waals surface area contributed by atoms with Gasteiger partial charge in [-0.25, -0.2) is 0 Å². The fourth-order valence-electron chi connectivity index (χ4n) is 3.04. The molecule has 1 aliphatic heterocycles. The molecule has 0 spiro atoms. The highest BCUT2D eigenvalue weighted by Crippen LogP contribution is 2.29. The van der Waals surface area contributed by atoms with Crippen LogP contribution in [0, 0.1) is 6.92 Å². The highest BCUT2D eigenvalue weighted by atomic mass is 16.5. The van der Waals surface area contributed by atoms with Crippen molar-refractivity contribution in [2.75, 3.05) is 27.2 Å². The van der Waals surface area contributed by atoms with Crippen LogP contribution in [0.15, 0.2) is 12.4 Å². The van der Waals surface area contributed by atoms with E-state index in [9.17, 15) is 9.59 Å². The van der Waals surface area contributed by atoms with Gasteiger partial charge in [-0.3, -0.25) is 14.3 Å². The summed E-state index contributed by atoms with van der Waals surface area (Å²) in [6.07, 6.45) is 6.37. The number of piperidine rings is 1. The Labute approximate surface area is 137 Å². The first kappa shape index (κ1) is 17.5. The second-order valence-electron chi connectivity index (χ2n) is 6.19. The van der Waals surface area contributed by atoms with E-state index in [0.29, 0.717) is 19.4 Å². The number of rotatable bonds is 6. The minimum absolute atomic E-state index is 0.00288. The lowest BCUT2D eigenvalue weighted by Crippen LogP contribution is -2.52. The number of nitrogens with one attached hydrogen (secondary N) is 1. The first-order valence-corrected chi connectivity index (χ1v) is 8.00. The molecule has 0 unspecified atom stereocenters. The number of carbonyl (C=O) groups is 2. The molecule has 0 saturated carbocycles. The van der Waals surface area contributed by atoms with Crippen molar-refractivity contribution < 1.29 is 14.3 Å². The van der Waals surface area contributed by atoms with Gasteiger partial charge in [0.2, 0.25) is 11.8 Å². The number of aryl methyl sites for hydroxylation is 1. The molecule has 7 heteroatoms. The van der Waals surface area contributed by atoms with Crippen LogP contribution in [0.1, 0.15) is 31.2 Å². The minimum atomic E-state index is -0.430. The van der Waals surface area contributed by atoms with E-state index in [4.69, 9.17) is 4.74 Å². The van der Waals surface area contributed by atoms with E-state index >= 15 is 0 Å². The van der Waals surface area contributed by atoms with Crippen LogP contribution in [0.4, 0.5) is 0 Å². The summed E-state index contributed by atoms with van der Waals surface area (Å²) in [5.74, 6) is 0.0334. The van der Waals surface area contributed by atoms with Crippen LogP contribution >= 0.6 is 0 Å². The van der Waals surface area contributed by atoms with Crippen LogP contribution in [0.25, 0.3) is 0 Å². The molecule has 0 bridgehead atoms. The van der Waals surface area contributed by atoms with Crippen LogP contribution < -0.4 is 5.32 Å². The molecular weight excluding hydrogens is 296 g/mol. The number of methoxy groups -OCH3 is 1. The van der Waals surface area contributed by atoms with Crippen molar-refractivity contribution in [3.63, 3.8) is 0 Å². The van der Waals surface area contributed by atoms with Gasteiger partial charge in [-0.15, -0.1) is 0 Å². The summed E-state index contributed by atoms with van der Waals surface area (Å²) in [5, 5.41) is 6.79.